The molecule has 6 nitrogen and oxygen atoms in total. The molecule has 2 rings (SSSR count). The van der Waals surface area contributed by atoms with Gasteiger partial charge in [0.05, 0.1) is 27.9 Å². The predicted molar refractivity (Wildman–Crippen MR) is 109 cm³/mol. The Morgan fingerprint density at radius 1 is 0.964 bits per heavy atom. The molecule has 2 aromatic rings. The third-order valence-corrected chi connectivity index (χ3v) is 4.11. The molecule has 1 amide bonds. The van der Waals surface area contributed by atoms with Gasteiger partial charge in [0.15, 0.2) is 11.5 Å². The maximum atomic E-state index is 12.2. The third kappa shape index (κ3) is 5.42. The molecular weight excluding hydrogens is 358 g/mol. The average Bonchev–Trinajstić information content (AvgIpc) is 2.72. The maximum absolute atomic E-state index is 12.2. The minimum atomic E-state index is -0.189. The number of rotatable bonds is 10. The zero-order valence-corrected chi connectivity index (χ0v) is 16.8. The van der Waals surface area contributed by atoms with Gasteiger partial charge in [0, 0.05) is 18.2 Å². The summed E-state index contributed by atoms with van der Waals surface area (Å²) in [5, 5.41) is 2.88. The summed E-state index contributed by atoms with van der Waals surface area (Å²) in [6, 6.07) is 11.4. The van der Waals surface area contributed by atoms with E-state index in [0.717, 1.165) is 16.9 Å². The number of benzene rings is 2. The monoisotopic (exact) mass is 385 g/mol. The van der Waals surface area contributed by atoms with Crippen LogP contribution in [0.2, 0.25) is 0 Å². The van der Waals surface area contributed by atoms with Gasteiger partial charge in [-0.25, -0.2) is 0 Å². The molecule has 0 atom stereocenters. The fraction of sp³-hybridized carbons (Fsp3) is 0.318. The number of nitrogens with one attached hydrogen (secondary N) is 1. The highest BCUT2D eigenvalue weighted by Crippen LogP contribution is 2.40. The smallest absolute Gasteiger partial charge is 0.244 e. The molecule has 0 aliphatic carbocycles. The van der Waals surface area contributed by atoms with E-state index in [0.29, 0.717) is 36.8 Å². The van der Waals surface area contributed by atoms with Crippen molar-refractivity contribution in [3.05, 3.63) is 53.6 Å². The SMILES string of the molecule is CCOc1ccccc1CCNC(=O)C=Cc1ccc(OC)c(OC)c1OC. The minimum Gasteiger partial charge on any atom is -0.494 e. The third-order valence-electron chi connectivity index (χ3n) is 4.11. The number of methoxy groups -OCH3 is 3. The van der Waals surface area contributed by atoms with Crippen molar-refractivity contribution < 1.29 is 23.7 Å². The van der Waals surface area contributed by atoms with Crippen LogP contribution in [0.5, 0.6) is 23.0 Å². The van der Waals surface area contributed by atoms with Gasteiger partial charge in [-0.05, 0) is 43.2 Å². The number of ether oxygens (including phenoxy) is 4. The summed E-state index contributed by atoms with van der Waals surface area (Å²) in [5.41, 5.74) is 1.78. The number of carbonyl (C=O) groups excluding carboxylic acids is 1. The van der Waals surface area contributed by atoms with Crippen molar-refractivity contribution in [2.24, 2.45) is 0 Å². The largest absolute Gasteiger partial charge is 0.494 e. The summed E-state index contributed by atoms with van der Waals surface area (Å²) >= 11 is 0. The molecule has 0 aliphatic heterocycles. The lowest BCUT2D eigenvalue weighted by molar-refractivity contribution is -0.116. The van der Waals surface area contributed by atoms with E-state index in [4.69, 9.17) is 18.9 Å². The highest BCUT2D eigenvalue weighted by molar-refractivity contribution is 5.92. The summed E-state index contributed by atoms with van der Waals surface area (Å²) in [4.78, 5) is 12.2. The van der Waals surface area contributed by atoms with E-state index in [1.54, 1.807) is 33.5 Å². The first-order valence-electron chi connectivity index (χ1n) is 9.10. The second-order valence-corrected chi connectivity index (χ2v) is 5.84. The molecule has 0 spiro atoms. The number of carbonyl (C=O) groups is 1. The van der Waals surface area contributed by atoms with Gasteiger partial charge < -0.3 is 24.3 Å². The predicted octanol–water partition coefficient (Wildman–Crippen LogP) is 3.48. The summed E-state index contributed by atoms with van der Waals surface area (Å²) in [6.07, 6.45) is 3.85. The number of hydrogen-bond donors (Lipinski definition) is 1. The Hall–Kier alpha value is -3.15. The Bertz CT molecular complexity index is 817. The highest BCUT2D eigenvalue weighted by Gasteiger charge is 2.14. The van der Waals surface area contributed by atoms with Crippen LogP contribution in [0.4, 0.5) is 0 Å². The molecule has 0 saturated heterocycles. The fourth-order valence-corrected chi connectivity index (χ4v) is 2.81. The lowest BCUT2D eigenvalue weighted by Gasteiger charge is -2.14. The molecule has 0 radical (unpaired) electrons. The van der Waals surface area contributed by atoms with Gasteiger partial charge in [-0.2, -0.15) is 0 Å². The standard InChI is InChI=1S/C22H27NO5/c1-5-28-18-9-7-6-8-16(18)14-15-23-20(24)13-11-17-10-12-19(25-2)22(27-4)21(17)26-3/h6-13H,5,14-15H2,1-4H3,(H,23,24). The fourth-order valence-electron chi connectivity index (χ4n) is 2.81. The number of para-hydroxylation sites is 1. The molecule has 0 unspecified atom stereocenters. The van der Waals surface area contributed by atoms with Crippen LogP contribution in [-0.4, -0.2) is 40.4 Å². The zero-order chi connectivity index (χ0) is 20.4. The van der Waals surface area contributed by atoms with Gasteiger partial charge >= 0.3 is 0 Å². The van der Waals surface area contributed by atoms with E-state index in [-0.39, 0.29) is 5.91 Å². The molecule has 0 aromatic heterocycles. The second kappa shape index (κ2) is 10.9. The molecule has 0 saturated carbocycles. The Morgan fingerprint density at radius 3 is 2.39 bits per heavy atom. The molecule has 0 heterocycles. The summed E-state index contributed by atoms with van der Waals surface area (Å²) in [6.45, 7) is 3.07. The molecule has 0 aliphatic rings. The van der Waals surface area contributed by atoms with Gasteiger partial charge in [0.25, 0.3) is 0 Å². The Balaban J connectivity index is 1.99. The van der Waals surface area contributed by atoms with Crippen LogP contribution < -0.4 is 24.3 Å². The summed E-state index contributed by atoms with van der Waals surface area (Å²) in [5.74, 6) is 2.22. The van der Waals surface area contributed by atoms with Crippen LogP contribution in [-0.2, 0) is 11.2 Å². The molecule has 28 heavy (non-hydrogen) atoms. The Labute approximate surface area is 166 Å². The van der Waals surface area contributed by atoms with Crippen molar-refractivity contribution in [2.45, 2.75) is 13.3 Å². The first-order chi connectivity index (χ1) is 13.6. The van der Waals surface area contributed by atoms with Crippen molar-refractivity contribution in [1.82, 2.24) is 5.32 Å². The summed E-state index contributed by atoms with van der Waals surface area (Å²) in [7, 11) is 4.65. The lowest BCUT2D eigenvalue weighted by atomic mass is 10.1. The van der Waals surface area contributed by atoms with Crippen molar-refractivity contribution in [1.29, 1.82) is 0 Å². The van der Waals surface area contributed by atoms with Gasteiger partial charge in [-0.3, -0.25) is 4.79 Å². The molecule has 1 N–H and O–H groups in total. The van der Waals surface area contributed by atoms with Gasteiger partial charge in [-0.1, -0.05) is 18.2 Å². The first-order valence-corrected chi connectivity index (χ1v) is 9.10. The quantitative estimate of drug-likeness (QED) is 0.634. The van der Waals surface area contributed by atoms with Gasteiger partial charge in [0.2, 0.25) is 11.7 Å². The van der Waals surface area contributed by atoms with E-state index in [1.165, 1.54) is 6.08 Å². The van der Waals surface area contributed by atoms with E-state index in [9.17, 15) is 4.79 Å². The molecule has 0 fully saturated rings. The van der Waals surface area contributed by atoms with Crippen molar-refractivity contribution in [2.75, 3.05) is 34.5 Å². The minimum absolute atomic E-state index is 0.189. The lowest BCUT2D eigenvalue weighted by Crippen LogP contribution is -2.23. The van der Waals surface area contributed by atoms with Crippen molar-refractivity contribution in [3.8, 4) is 23.0 Å². The second-order valence-electron chi connectivity index (χ2n) is 5.84. The molecule has 6 heteroatoms. The van der Waals surface area contributed by atoms with E-state index >= 15 is 0 Å². The van der Waals surface area contributed by atoms with E-state index in [1.807, 2.05) is 37.3 Å². The maximum Gasteiger partial charge on any atom is 0.244 e. The van der Waals surface area contributed by atoms with E-state index < -0.39 is 0 Å². The van der Waals surface area contributed by atoms with Crippen LogP contribution in [0.3, 0.4) is 0 Å². The highest BCUT2D eigenvalue weighted by atomic mass is 16.5. The molecule has 0 bridgehead atoms. The van der Waals surface area contributed by atoms with Crippen molar-refractivity contribution >= 4 is 12.0 Å². The number of hydrogen-bond acceptors (Lipinski definition) is 5. The Morgan fingerprint density at radius 2 is 1.71 bits per heavy atom. The van der Waals surface area contributed by atoms with Gasteiger partial charge in [-0.15, -0.1) is 0 Å². The molecular formula is C22H27NO5. The first kappa shape index (κ1) is 21.2. The van der Waals surface area contributed by atoms with Crippen LogP contribution in [0.15, 0.2) is 42.5 Å². The normalized spacial score (nSPS) is 10.6. The van der Waals surface area contributed by atoms with Gasteiger partial charge in [0.1, 0.15) is 5.75 Å². The number of amides is 1. The summed E-state index contributed by atoms with van der Waals surface area (Å²) < 4.78 is 21.6. The average molecular weight is 385 g/mol. The van der Waals surface area contributed by atoms with Crippen LogP contribution >= 0.6 is 0 Å². The topological polar surface area (TPSA) is 66.0 Å². The molecule has 2 aromatic carbocycles. The van der Waals surface area contributed by atoms with Crippen molar-refractivity contribution in [3.63, 3.8) is 0 Å². The Kier molecular flexibility index (Phi) is 8.21. The van der Waals surface area contributed by atoms with E-state index in [2.05, 4.69) is 5.32 Å². The molecule has 150 valence electrons. The van der Waals surface area contributed by atoms with Crippen LogP contribution in [0.25, 0.3) is 6.08 Å². The zero-order valence-electron chi connectivity index (χ0n) is 16.8. The van der Waals surface area contributed by atoms with Crippen LogP contribution in [0, 0.1) is 0 Å². The van der Waals surface area contributed by atoms with Crippen LogP contribution in [0.1, 0.15) is 18.1 Å².